The van der Waals surface area contributed by atoms with Crippen LogP contribution in [0.25, 0.3) is 11.0 Å². The van der Waals surface area contributed by atoms with E-state index < -0.39 is 5.82 Å². The maximum Gasteiger partial charge on any atom is 0.175 e. The van der Waals surface area contributed by atoms with Gasteiger partial charge in [0.2, 0.25) is 0 Å². The first kappa shape index (κ1) is 24.7. The van der Waals surface area contributed by atoms with E-state index in [9.17, 15) is 4.39 Å². The van der Waals surface area contributed by atoms with Crippen molar-refractivity contribution in [3.63, 3.8) is 0 Å². The van der Waals surface area contributed by atoms with E-state index in [1.165, 1.54) is 18.9 Å². The smallest absolute Gasteiger partial charge is 0.175 e. The lowest BCUT2D eigenvalue weighted by molar-refractivity contribution is 0.172. The third-order valence-electron chi connectivity index (χ3n) is 7.48. The van der Waals surface area contributed by atoms with E-state index in [0.717, 1.165) is 92.0 Å². The summed E-state index contributed by atoms with van der Waals surface area (Å²) in [6, 6.07) is 11.0. The lowest BCUT2D eigenvalue weighted by Gasteiger charge is -2.32. The molecule has 0 N–H and O–H groups in total. The SMILES string of the molecule is CN(C)Cc1c(OCC2CC2)ccc2c(CCC3CCN(Cc4ccc(F)c(C#N)c4)CC3)noc12. The van der Waals surface area contributed by atoms with Gasteiger partial charge < -0.3 is 14.2 Å². The van der Waals surface area contributed by atoms with Crippen LogP contribution in [0.2, 0.25) is 0 Å². The standard InChI is InChI=1S/C29H35FN4O2/c1-33(2)18-25-28(35-19-21-3-4-21)10-7-24-27(32-36-29(24)25)9-6-20-11-13-34(14-12-20)17-22-5-8-26(30)23(15-22)16-31/h5,7-8,10,15,20-21H,3-4,6,9,11-14,17-19H2,1-2H3. The molecule has 1 saturated heterocycles. The van der Waals surface area contributed by atoms with Gasteiger partial charge in [-0.25, -0.2) is 4.39 Å². The van der Waals surface area contributed by atoms with Crippen molar-refractivity contribution >= 4 is 11.0 Å². The summed E-state index contributed by atoms with van der Waals surface area (Å²) in [6.07, 6.45) is 6.80. The Morgan fingerprint density at radius 3 is 2.67 bits per heavy atom. The molecule has 2 aliphatic rings. The number of likely N-dealkylation sites (tertiary alicyclic amines) is 1. The molecule has 1 aromatic heterocycles. The van der Waals surface area contributed by atoms with Crippen LogP contribution in [-0.2, 0) is 19.5 Å². The molecule has 1 aliphatic carbocycles. The van der Waals surface area contributed by atoms with Crippen molar-refractivity contribution in [1.82, 2.24) is 15.0 Å². The summed E-state index contributed by atoms with van der Waals surface area (Å²) in [5, 5.41) is 14.7. The van der Waals surface area contributed by atoms with Crippen LogP contribution in [-0.4, -0.2) is 48.7 Å². The minimum Gasteiger partial charge on any atom is -0.493 e. The second-order valence-corrected chi connectivity index (χ2v) is 10.7. The lowest BCUT2D eigenvalue weighted by atomic mass is 9.91. The van der Waals surface area contributed by atoms with Crippen molar-refractivity contribution in [3.8, 4) is 11.8 Å². The topological polar surface area (TPSA) is 65.5 Å². The largest absolute Gasteiger partial charge is 0.493 e. The predicted molar refractivity (Wildman–Crippen MR) is 137 cm³/mol. The second kappa shape index (κ2) is 11.0. The maximum absolute atomic E-state index is 13.6. The van der Waals surface area contributed by atoms with Crippen LogP contribution in [0.5, 0.6) is 5.75 Å². The van der Waals surface area contributed by atoms with Crippen molar-refractivity contribution in [2.24, 2.45) is 11.8 Å². The Labute approximate surface area is 212 Å². The number of hydrogen-bond donors (Lipinski definition) is 0. The lowest BCUT2D eigenvalue weighted by Crippen LogP contribution is -2.33. The summed E-state index contributed by atoms with van der Waals surface area (Å²) in [7, 11) is 4.12. The van der Waals surface area contributed by atoms with Gasteiger partial charge in [-0.05, 0) is 107 Å². The Hall–Kier alpha value is -2.95. The number of nitrogens with zero attached hydrogens (tertiary/aromatic N) is 4. The molecular formula is C29H35FN4O2. The van der Waals surface area contributed by atoms with Crippen molar-refractivity contribution in [2.75, 3.05) is 33.8 Å². The van der Waals surface area contributed by atoms with E-state index in [4.69, 9.17) is 14.5 Å². The minimum atomic E-state index is -0.448. The molecule has 0 unspecified atom stereocenters. The number of aryl methyl sites for hydroxylation is 1. The number of nitriles is 1. The molecule has 3 aromatic rings. The number of piperidine rings is 1. The molecule has 1 aliphatic heterocycles. The van der Waals surface area contributed by atoms with Crippen molar-refractivity contribution in [1.29, 1.82) is 5.26 Å². The Balaban J connectivity index is 1.18. The Morgan fingerprint density at radius 2 is 1.94 bits per heavy atom. The first-order chi connectivity index (χ1) is 17.5. The second-order valence-electron chi connectivity index (χ2n) is 10.7. The van der Waals surface area contributed by atoms with Gasteiger partial charge in [0, 0.05) is 18.5 Å². The molecule has 0 bridgehead atoms. The van der Waals surface area contributed by atoms with E-state index in [2.05, 4.69) is 41.2 Å². The maximum atomic E-state index is 13.6. The van der Waals surface area contributed by atoms with E-state index in [0.29, 0.717) is 11.8 Å². The molecule has 2 aromatic carbocycles. The highest BCUT2D eigenvalue weighted by atomic mass is 19.1. The van der Waals surface area contributed by atoms with Gasteiger partial charge in [-0.2, -0.15) is 5.26 Å². The fraction of sp³-hybridized carbons (Fsp3) is 0.517. The van der Waals surface area contributed by atoms with Gasteiger partial charge in [-0.1, -0.05) is 11.2 Å². The molecule has 1 saturated carbocycles. The number of hydrogen-bond acceptors (Lipinski definition) is 6. The fourth-order valence-electron chi connectivity index (χ4n) is 5.15. The van der Waals surface area contributed by atoms with Crippen LogP contribution in [0, 0.1) is 29.0 Å². The van der Waals surface area contributed by atoms with Crippen LogP contribution >= 0.6 is 0 Å². The summed E-state index contributed by atoms with van der Waals surface area (Å²) in [4.78, 5) is 4.54. The monoisotopic (exact) mass is 490 g/mol. The molecule has 36 heavy (non-hydrogen) atoms. The molecule has 2 fully saturated rings. The summed E-state index contributed by atoms with van der Waals surface area (Å²) in [5.41, 5.74) is 4.10. The average molecular weight is 491 g/mol. The quantitative estimate of drug-likeness (QED) is 0.372. The minimum absolute atomic E-state index is 0.123. The third kappa shape index (κ3) is 5.88. The Kier molecular flexibility index (Phi) is 7.54. The highest BCUT2D eigenvalue weighted by Gasteiger charge is 2.25. The molecular weight excluding hydrogens is 455 g/mol. The first-order valence-electron chi connectivity index (χ1n) is 13.1. The third-order valence-corrected chi connectivity index (χ3v) is 7.48. The van der Waals surface area contributed by atoms with E-state index in [1.807, 2.05) is 6.07 Å². The summed E-state index contributed by atoms with van der Waals surface area (Å²) < 4.78 is 25.6. The zero-order chi connectivity index (χ0) is 25.1. The molecule has 7 heteroatoms. The highest BCUT2D eigenvalue weighted by molar-refractivity contribution is 5.84. The first-order valence-corrected chi connectivity index (χ1v) is 13.1. The van der Waals surface area contributed by atoms with Gasteiger partial charge in [0.1, 0.15) is 17.6 Å². The van der Waals surface area contributed by atoms with Gasteiger partial charge in [0.15, 0.2) is 5.58 Å². The van der Waals surface area contributed by atoms with Crippen LogP contribution in [0.4, 0.5) is 4.39 Å². The van der Waals surface area contributed by atoms with Gasteiger partial charge in [-0.15, -0.1) is 0 Å². The van der Waals surface area contributed by atoms with Crippen molar-refractivity contribution in [2.45, 2.75) is 51.6 Å². The molecule has 6 nitrogen and oxygen atoms in total. The molecule has 0 atom stereocenters. The van der Waals surface area contributed by atoms with Gasteiger partial charge >= 0.3 is 0 Å². The normalized spacial score (nSPS) is 17.1. The number of ether oxygens (including phenoxy) is 1. The average Bonchev–Trinajstić information content (AvgIpc) is 3.61. The van der Waals surface area contributed by atoms with Gasteiger partial charge in [0.25, 0.3) is 0 Å². The van der Waals surface area contributed by atoms with Gasteiger partial charge in [-0.3, -0.25) is 4.90 Å². The molecule has 5 rings (SSSR count). The van der Waals surface area contributed by atoms with Gasteiger partial charge in [0.05, 0.1) is 23.4 Å². The number of halogens is 1. The summed E-state index contributed by atoms with van der Waals surface area (Å²) >= 11 is 0. The van der Waals surface area contributed by atoms with E-state index in [1.54, 1.807) is 12.1 Å². The molecule has 0 amide bonds. The summed E-state index contributed by atoms with van der Waals surface area (Å²) in [5.74, 6) is 1.82. The van der Waals surface area contributed by atoms with Crippen LogP contribution < -0.4 is 4.74 Å². The van der Waals surface area contributed by atoms with Crippen LogP contribution in [0.15, 0.2) is 34.9 Å². The number of rotatable bonds is 10. The number of aromatic nitrogens is 1. The van der Waals surface area contributed by atoms with Crippen molar-refractivity contribution in [3.05, 3.63) is 58.5 Å². The van der Waals surface area contributed by atoms with Crippen LogP contribution in [0.1, 0.15) is 54.5 Å². The highest BCUT2D eigenvalue weighted by Crippen LogP contribution is 2.35. The fourth-order valence-corrected chi connectivity index (χ4v) is 5.15. The predicted octanol–water partition coefficient (Wildman–Crippen LogP) is 5.53. The van der Waals surface area contributed by atoms with E-state index in [-0.39, 0.29) is 5.56 Å². The zero-order valence-corrected chi connectivity index (χ0v) is 21.3. The number of fused-ring (bicyclic) bond motifs is 1. The molecule has 0 spiro atoms. The summed E-state index contributed by atoms with van der Waals surface area (Å²) in [6.45, 7) is 4.33. The molecule has 2 heterocycles. The van der Waals surface area contributed by atoms with E-state index >= 15 is 0 Å². The Bertz CT molecular complexity index is 1240. The zero-order valence-electron chi connectivity index (χ0n) is 21.3. The number of benzene rings is 2. The Morgan fingerprint density at radius 1 is 1.14 bits per heavy atom. The van der Waals surface area contributed by atoms with Crippen LogP contribution in [0.3, 0.4) is 0 Å². The molecule has 0 radical (unpaired) electrons. The molecule has 190 valence electrons. The van der Waals surface area contributed by atoms with Crippen molar-refractivity contribution < 1.29 is 13.7 Å².